The van der Waals surface area contributed by atoms with E-state index in [9.17, 15) is 4.79 Å². The van der Waals surface area contributed by atoms with Gasteiger partial charge >= 0.3 is 5.97 Å². The van der Waals surface area contributed by atoms with Gasteiger partial charge in [-0.1, -0.05) is 12.1 Å². The van der Waals surface area contributed by atoms with E-state index in [1.165, 1.54) is 0 Å². The number of nitrogens with zero attached hydrogens (tertiary/aromatic N) is 1. The first-order chi connectivity index (χ1) is 12.5. The summed E-state index contributed by atoms with van der Waals surface area (Å²) in [5, 5.41) is 0. The lowest BCUT2D eigenvalue weighted by atomic mass is 10.1. The van der Waals surface area contributed by atoms with Crippen molar-refractivity contribution in [2.45, 2.75) is 6.92 Å². The molecule has 0 N–H and O–H groups in total. The van der Waals surface area contributed by atoms with Gasteiger partial charge in [0.05, 0.1) is 23.8 Å². The van der Waals surface area contributed by atoms with E-state index in [0.717, 1.165) is 20.1 Å². The van der Waals surface area contributed by atoms with Gasteiger partial charge in [-0.15, -0.1) is 0 Å². The molecule has 5 nitrogen and oxygen atoms in total. The van der Waals surface area contributed by atoms with Crippen LogP contribution in [0.15, 0.2) is 56.0 Å². The molecule has 0 fully saturated rings. The van der Waals surface area contributed by atoms with Crippen molar-refractivity contribution in [1.29, 1.82) is 0 Å². The zero-order valence-corrected chi connectivity index (χ0v) is 17.3. The Morgan fingerprint density at radius 2 is 1.96 bits per heavy atom. The minimum atomic E-state index is -0.499. The van der Waals surface area contributed by atoms with Crippen molar-refractivity contribution < 1.29 is 19.0 Å². The summed E-state index contributed by atoms with van der Waals surface area (Å²) in [6.45, 7) is 2.39. The summed E-state index contributed by atoms with van der Waals surface area (Å²) in [7, 11) is 1.57. The molecule has 26 heavy (non-hydrogen) atoms. The number of hydrogen-bond donors (Lipinski definition) is 0. The number of halogens is 2. The quantitative estimate of drug-likeness (QED) is 0.448. The second-order valence-corrected chi connectivity index (χ2v) is 6.99. The van der Waals surface area contributed by atoms with E-state index in [0.29, 0.717) is 18.1 Å². The van der Waals surface area contributed by atoms with Gasteiger partial charge in [-0.3, -0.25) is 0 Å². The van der Waals surface area contributed by atoms with Crippen molar-refractivity contribution in [2.75, 3.05) is 13.7 Å². The number of esters is 1. The van der Waals surface area contributed by atoms with Crippen LogP contribution in [0.25, 0.3) is 6.08 Å². The molecule has 0 amide bonds. The molecule has 1 aliphatic rings. The molecule has 0 bridgehead atoms. The molecular formula is C19H15Br2NO4. The van der Waals surface area contributed by atoms with Gasteiger partial charge in [-0.25, -0.2) is 9.79 Å². The summed E-state index contributed by atoms with van der Waals surface area (Å²) in [5.74, 6) is 0.949. The van der Waals surface area contributed by atoms with Crippen molar-refractivity contribution in [3.8, 4) is 11.5 Å². The third-order valence-corrected chi connectivity index (χ3v) is 4.84. The van der Waals surface area contributed by atoms with E-state index in [-0.39, 0.29) is 11.6 Å². The third-order valence-electron chi connectivity index (χ3n) is 3.56. The van der Waals surface area contributed by atoms with Crippen molar-refractivity contribution >= 4 is 49.8 Å². The van der Waals surface area contributed by atoms with E-state index in [1.807, 2.05) is 37.3 Å². The molecule has 0 spiro atoms. The van der Waals surface area contributed by atoms with Crippen molar-refractivity contribution in [3.63, 3.8) is 0 Å². The zero-order chi connectivity index (χ0) is 18.7. The first kappa shape index (κ1) is 18.7. The Bertz CT molecular complexity index is 922. The summed E-state index contributed by atoms with van der Waals surface area (Å²) in [5.41, 5.74) is 1.68. The molecular weight excluding hydrogens is 466 g/mol. The Balaban J connectivity index is 1.99. The number of hydrogen-bond acceptors (Lipinski definition) is 5. The van der Waals surface area contributed by atoms with Crippen LogP contribution in [-0.4, -0.2) is 25.6 Å². The van der Waals surface area contributed by atoms with E-state index in [2.05, 4.69) is 36.9 Å². The van der Waals surface area contributed by atoms with Crippen LogP contribution < -0.4 is 9.47 Å². The second-order valence-electron chi connectivity index (χ2n) is 5.28. The fourth-order valence-corrected chi connectivity index (χ4v) is 3.53. The third kappa shape index (κ3) is 3.83. The molecule has 0 atom stereocenters. The molecule has 0 saturated heterocycles. The van der Waals surface area contributed by atoms with E-state index >= 15 is 0 Å². The van der Waals surface area contributed by atoms with Gasteiger partial charge in [0.25, 0.3) is 0 Å². The number of aliphatic imine (C=N–C) groups is 1. The van der Waals surface area contributed by atoms with Gasteiger partial charge in [0.2, 0.25) is 5.90 Å². The fraction of sp³-hybridized carbons (Fsp3) is 0.158. The molecule has 134 valence electrons. The Kier molecular flexibility index (Phi) is 5.78. The topological polar surface area (TPSA) is 57.1 Å². The predicted molar refractivity (Wildman–Crippen MR) is 107 cm³/mol. The van der Waals surface area contributed by atoms with Crippen LogP contribution in [0.1, 0.15) is 18.1 Å². The monoisotopic (exact) mass is 479 g/mol. The van der Waals surface area contributed by atoms with Gasteiger partial charge in [0.1, 0.15) is 0 Å². The molecule has 0 unspecified atom stereocenters. The Morgan fingerprint density at radius 3 is 2.65 bits per heavy atom. The largest absolute Gasteiger partial charge is 0.492 e. The smallest absolute Gasteiger partial charge is 0.363 e. The molecule has 0 aliphatic carbocycles. The molecule has 1 heterocycles. The van der Waals surface area contributed by atoms with Gasteiger partial charge in [0.15, 0.2) is 17.2 Å². The summed E-state index contributed by atoms with van der Waals surface area (Å²) in [6.07, 6.45) is 1.65. The average Bonchev–Trinajstić information content (AvgIpc) is 2.96. The van der Waals surface area contributed by atoms with Crippen molar-refractivity contribution in [2.24, 2.45) is 4.99 Å². The minimum absolute atomic E-state index is 0.218. The number of cyclic esters (lactones) is 1. The maximum absolute atomic E-state index is 12.2. The number of benzene rings is 2. The summed E-state index contributed by atoms with van der Waals surface area (Å²) < 4.78 is 17.8. The zero-order valence-electron chi connectivity index (χ0n) is 14.1. The number of carbonyl (C=O) groups excluding carboxylic acids is 1. The summed E-state index contributed by atoms with van der Waals surface area (Å²) >= 11 is 6.90. The molecule has 0 saturated carbocycles. The van der Waals surface area contributed by atoms with Crippen LogP contribution in [0.2, 0.25) is 0 Å². The molecule has 1 aliphatic heterocycles. The van der Waals surface area contributed by atoms with Crippen LogP contribution in [-0.2, 0) is 9.53 Å². The number of ether oxygens (including phenoxy) is 3. The van der Waals surface area contributed by atoms with Crippen LogP contribution in [0.4, 0.5) is 0 Å². The molecule has 2 aromatic rings. The SMILES string of the molecule is CCOc1cc(/C=C2\N=C(c3ccccc3Br)OC2=O)cc(Br)c1OC. The second kappa shape index (κ2) is 8.05. The van der Waals surface area contributed by atoms with Crippen LogP contribution in [0, 0.1) is 0 Å². The number of rotatable bonds is 5. The summed E-state index contributed by atoms with van der Waals surface area (Å²) in [6, 6.07) is 11.0. The van der Waals surface area contributed by atoms with E-state index < -0.39 is 5.97 Å². The van der Waals surface area contributed by atoms with E-state index in [4.69, 9.17) is 14.2 Å². The maximum Gasteiger partial charge on any atom is 0.363 e. The lowest BCUT2D eigenvalue weighted by molar-refractivity contribution is -0.129. The molecule has 0 radical (unpaired) electrons. The van der Waals surface area contributed by atoms with Crippen LogP contribution in [0.5, 0.6) is 11.5 Å². The van der Waals surface area contributed by atoms with Gasteiger partial charge < -0.3 is 14.2 Å². The van der Waals surface area contributed by atoms with Crippen molar-refractivity contribution in [3.05, 3.63) is 62.2 Å². The van der Waals surface area contributed by atoms with Crippen LogP contribution in [0.3, 0.4) is 0 Å². The van der Waals surface area contributed by atoms with Gasteiger partial charge in [-0.2, -0.15) is 0 Å². The normalized spacial score (nSPS) is 15.0. The molecule has 0 aromatic heterocycles. The van der Waals surface area contributed by atoms with Crippen molar-refractivity contribution in [1.82, 2.24) is 0 Å². The predicted octanol–water partition coefficient (Wildman–Crippen LogP) is 4.96. The van der Waals surface area contributed by atoms with Gasteiger partial charge in [-0.05, 0) is 74.7 Å². The van der Waals surface area contributed by atoms with E-state index in [1.54, 1.807) is 19.3 Å². The number of methoxy groups -OCH3 is 1. The summed E-state index contributed by atoms with van der Waals surface area (Å²) in [4.78, 5) is 16.5. The van der Waals surface area contributed by atoms with Crippen LogP contribution >= 0.6 is 31.9 Å². The highest BCUT2D eigenvalue weighted by atomic mass is 79.9. The molecule has 3 rings (SSSR count). The lowest BCUT2D eigenvalue weighted by Crippen LogP contribution is -2.05. The average molecular weight is 481 g/mol. The highest BCUT2D eigenvalue weighted by Crippen LogP contribution is 2.37. The Hall–Kier alpha value is -2.12. The first-order valence-electron chi connectivity index (χ1n) is 7.81. The highest BCUT2D eigenvalue weighted by molar-refractivity contribution is 9.10. The molecule has 7 heteroatoms. The highest BCUT2D eigenvalue weighted by Gasteiger charge is 2.25. The standard InChI is InChI=1S/C19H15Br2NO4/c1-3-25-16-10-11(8-14(21)17(16)24-2)9-15-19(23)26-18(22-15)12-6-4-5-7-13(12)20/h4-10H,3H2,1-2H3/b15-9-. The number of carbonyl (C=O) groups is 1. The lowest BCUT2D eigenvalue weighted by Gasteiger charge is -2.12. The minimum Gasteiger partial charge on any atom is -0.492 e. The first-order valence-corrected chi connectivity index (χ1v) is 9.40. The molecule has 2 aromatic carbocycles. The Labute approximate surface area is 167 Å². The Morgan fingerprint density at radius 1 is 1.19 bits per heavy atom. The fourth-order valence-electron chi connectivity index (χ4n) is 2.45. The maximum atomic E-state index is 12.2. The van der Waals surface area contributed by atoms with Gasteiger partial charge in [0, 0.05) is 4.47 Å².